The summed E-state index contributed by atoms with van der Waals surface area (Å²) < 4.78 is 0. The van der Waals surface area contributed by atoms with Crippen LogP contribution in [0, 0.1) is 0 Å². The number of aromatic nitrogens is 2. The lowest BCUT2D eigenvalue weighted by atomic mass is 9.99. The molecule has 4 nitrogen and oxygen atoms in total. The van der Waals surface area contributed by atoms with Gasteiger partial charge in [0.1, 0.15) is 5.01 Å². The molecule has 122 valence electrons. The molecular formula is C19H19N3OS. The molecule has 0 aliphatic carbocycles. The van der Waals surface area contributed by atoms with Crippen molar-refractivity contribution in [3.63, 3.8) is 0 Å². The van der Waals surface area contributed by atoms with Gasteiger partial charge in [0.05, 0.1) is 0 Å². The van der Waals surface area contributed by atoms with Crippen molar-refractivity contribution in [3.8, 4) is 0 Å². The number of aryl methyl sites for hydroxylation is 3. The van der Waals surface area contributed by atoms with Crippen LogP contribution in [0.2, 0.25) is 0 Å². The van der Waals surface area contributed by atoms with Crippen LogP contribution in [-0.4, -0.2) is 16.1 Å². The van der Waals surface area contributed by atoms with E-state index in [1.807, 2.05) is 49.4 Å². The molecule has 5 heteroatoms. The predicted octanol–water partition coefficient (Wildman–Crippen LogP) is 4.14. The quantitative estimate of drug-likeness (QED) is 0.735. The number of nitrogens with one attached hydrogen (secondary N) is 1. The van der Waals surface area contributed by atoms with Crippen molar-refractivity contribution < 1.29 is 4.79 Å². The Morgan fingerprint density at radius 2 is 1.75 bits per heavy atom. The standard InChI is InChI=1S/C19H19N3OS/c1-2-17-21-22-19(24-17)20-18(23)16-11-7-6-10-15(16)13-12-14-8-4-3-5-9-14/h3-11H,2,12-13H2,1H3,(H,20,22,23). The van der Waals surface area contributed by atoms with Gasteiger partial charge in [-0.1, -0.05) is 66.8 Å². The van der Waals surface area contributed by atoms with E-state index in [9.17, 15) is 4.79 Å². The molecule has 0 unspecified atom stereocenters. The zero-order chi connectivity index (χ0) is 16.8. The molecule has 1 amide bonds. The maximum Gasteiger partial charge on any atom is 0.257 e. The topological polar surface area (TPSA) is 54.9 Å². The minimum absolute atomic E-state index is 0.127. The summed E-state index contributed by atoms with van der Waals surface area (Å²) in [7, 11) is 0. The molecule has 0 spiro atoms. The van der Waals surface area contributed by atoms with E-state index in [0.29, 0.717) is 10.7 Å². The summed E-state index contributed by atoms with van der Waals surface area (Å²) in [4.78, 5) is 12.6. The fourth-order valence-electron chi connectivity index (χ4n) is 2.49. The number of hydrogen-bond acceptors (Lipinski definition) is 4. The van der Waals surface area contributed by atoms with Crippen molar-refractivity contribution in [2.24, 2.45) is 0 Å². The molecule has 1 aromatic heterocycles. The Hall–Kier alpha value is -2.53. The molecule has 0 radical (unpaired) electrons. The largest absolute Gasteiger partial charge is 0.296 e. The zero-order valence-corrected chi connectivity index (χ0v) is 14.3. The highest BCUT2D eigenvalue weighted by molar-refractivity contribution is 7.15. The van der Waals surface area contributed by atoms with E-state index in [0.717, 1.165) is 29.8 Å². The van der Waals surface area contributed by atoms with E-state index >= 15 is 0 Å². The number of hydrogen-bond donors (Lipinski definition) is 1. The van der Waals surface area contributed by atoms with E-state index in [1.54, 1.807) is 0 Å². The highest BCUT2D eigenvalue weighted by Gasteiger charge is 2.13. The van der Waals surface area contributed by atoms with Crippen molar-refractivity contribution >= 4 is 22.4 Å². The van der Waals surface area contributed by atoms with Gasteiger partial charge < -0.3 is 0 Å². The fourth-order valence-corrected chi connectivity index (χ4v) is 3.17. The first-order valence-corrected chi connectivity index (χ1v) is 8.83. The molecule has 0 saturated heterocycles. The first kappa shape index (κ1) is 16.3. The Morgan fingerprint density at radius 1 is 1.00 bits per heavy atom. The van der Waals surface area contributed by atoms with Gasteiger partial charge in [0.2, 0.25) is 5.13 Å². The Labute approximate surface area is 145 Å². The van der Waals surface area contributed by atoms with E-state index < -0.39 is 0 Å². The van der Waals surface area contributed by atoms with Crippen LogP contribution in [-0.2, 0) is 19.3 Å². The summed E-state index contributed by atoms with van der Waals surface area (Å²) in [6, 6.07) is 18.0. The normalized spacial score (nSPS) is 10.5. The lowest BCUT2D eigenvalue weighted by Crippen LogP contribution is -2.14. The minimum Gasteiger partial charge on any atom is -0.296 e. The summed E-state index contributed by atoms with van der Waals surface area (Å²) in [5, 5.41) is 12.4. The van der Waals surface area contributed by atoms with E-state index in [1.165, 1.54) is 16.9 Å². The Kier molecular flexibility index (Phi) is 5.33. The third-order valence-electron chi connectivity index (χ3n) is 3.78. The lowest BCUT2D eigenvalue weighted by Gasteiger charge is -2.09. The van der Waals surface area contributed by atoms with Crippen LogP contribution in [0.4, 0.5) is 5.13 Å². The molecule has 0 saturated carbocycles. The monoisotopic (exact) mass is 337 g/mol. The summed E-state index contributed by atoms with van der Waals surface area (Å²) in [6.07, 6.45) is 2.55. The maximum absolute atomic E-state index is 12.6. The van der Waals surface area contributed by atoms with Crippen molar-refractivity contribution in [3.05, 3.63) is 76.3 Å². The zero-order valence-electron chi connectivity index (χ0n) is 13.5. The molecule has 2 aromatic carbocycles. The molecule has 3 aromatic rings. The average molecular weight is 337 g/mol. The Balaban J connectivity index is 1.72. The summed E-state index contributed by atoms with van der Waals surface area (Å²) in [6.45, 7) is 2.02. The second-order valence-electron chi connectivity index (χ2n) is 5.45. The average Bonchev–Trinajstić information content (AvgIpc) is 3.08. The molecule has 24 heavy (non-hydrogen) atoms. The number of rotatable bonds is 6. The molecule has 0 bridgehead atoms. The molecule has 0 aliphatic rings. The van der Waals surface area contributed by atoms with Gasteiger partial charge in [0.25, 0.3) is 5.91 Å². The van der Waals surface area contributed by atoms with Crippen molar-refractivity contribution in [1.29, 1.82) is 0 Å². The van der Waals surface area contributed by atoms with Gasteiger partial charge in [0, 0.05) is 5.56 Å². The fraction of sp³-hybridized carbons (Fsp3) is 0.211. The third kappa shape index (κ3) is 4.06. The number of carbonyl (C=O) groups is 1. The molecule has 1 heterocycles. The molecule has 1 N–H and O–H groups in total. The van der Waals surface area contributed by atoms with Crippen LogP contribution in [0.15, 0.2) is 54.6 Å². The second-order valence-corrected chi connectivity index (χ2v) is 6.51. The second kappa shape index (κ2) is 7.84. The van der Waals surface area contributed by atoms with Gasteiger partial charge in [-0.2, -0.15) is 0 Å². The summed E-state index contributed by atoms with van der Waals surface area (Å²) in [5.74, 6) is -0.127. The Bertz CT molecular complexity index is 814. The Morgan fingerprint density at radius 3 is 2.50 bits per heavy atom. The van der Waals surface area contributed by atoms with Crippen LogP contribution < -0.4 is 5.32 Å². The number of anilines is 1. The van der Waals surface area contributed by atoms with Gasteiger partial charge >= 0.3 is 0 Å². The highest BCUT2D eigenvalue weighted by atomic mass is 32.1. The molecular weight excluding hydrogens is 318 g/mol. The third-order valence-corrected chi connectivity index (χ3v) is 4.76. The van der Waals surface area contributed by atoms with Gasteiger partial charge in [-0.25, -0.2) is 0 Å². The van der Waals surface area contributed by atoms with Crippen molar-refractivity contribution in [2.45, 2.75) is 26.2 Å². The van der Waals surface area contributed by atoms with Crippen LogP contribution in [0.5, 0.6) is 0 Å². The molecule has 3 rings (SSSR count). The van der Waals surface area contributed by atoms with Crippen molar-refractivity contribution in [2.75, 3.05) is 5.32 Å². The number of nitrogens with zero attached hydrogens (tertiary/aromatic N) is 2. The smallest absolute Gasteiger partial charge is 0.257 e. The van der Waals surface area contributed by atoms with Gasteiger partial charge in [-0.3, -0.25) is 10.1 Å². The first-order chi connectivity index (χ1) is 11.8. The van der Waals surface area contributed by atoms with E-state index in [4.69, 9.17) is 0 Å². The van der Waals surface area contributed by atoms with Gasteiger partial charge in [0.15, 0.2) is 0 Å². The van der Waals surface area contributed by atoms with Crippen LogP contribution in [0.3, 0.4) is 0 Å². The number of carbonyl (C=O) groups excluding carboxylic acids is 1. The van der Waals surface area contributed by atoms with Gasteiger partial charge in [-0.05, 0) is 36.5 Å². The molecule has 0 fully saturated rings. The van der Waals surface area contributed by atoms with Gasteiger partial charge in [-0.15, -0.1) is 10.2 Å². The van der Waals surface area contributed by atoms with Crippen LogP contribution in [0.25, 0.3) is 0 Å². The first-order valence-electron chi connectivity index (χ1n) is 8.02. The van der Waals surface area contributed by atoms with Crippen molar-refractivity contribution in [1.82, 2.24) is 10.2 Å². The SMILES string of the molecule is CCc1nnc(NC(=O)c2ccccc2CCc2ccccc2)s1. The predicted molar refractivity (Wildman–Crippen MR) is 97.5 cm³/mol. The highest BCUT2D eigenvalue weighted by Crippen LogP contribution is 2.18. The molecule has 0 aliphatic heterocycles. The van der Waals surface area contributed by atoms with Crippen LogP contribution >= 0.6 is 11.3 Å². The van der Waals surface area contributed by atoms with Crippen LogP contribution in [0.1, 0.15) is 33.4 Å². The summed E-state index contributed by atoms with van der Waals surface area (Å²) in [5.41, 5.74) is 3.00. The van der Waals surface area contributed by atoms with E-state index in [-0.39, 0.29) is 5.91 Å². The summed E-state index contributed by atoms with van der Waals surface area (Å²) >= 11 is 1.42. The van der Waals surface area contributed by atoms with E-state index in [2.05, 4.69) is 27.6 Å². The number of benzene rings is 2. The minimum atomic E-state index is -0.127. The number of amides is 1. The molecule has 0 atom stereocenters. The maximum atomic E-state index is 12.6. The lowest BCUT2D eigenvalue weighted by molar-refractivity contribution is 0.102.